The first kappa shape index (κ1) is 25.2. The first-order chi connectivity index (χ1) is 17.2. The predicted molar refractivity (Wildman–Crippen MR) is 139 cm³/mol. The van der Waals surface area contributed by atoms with Crippen LogP contribution in [0.2, 0.25) is 0 Å². The van der Waals surface area contributed by atoms with Crippen molar-refractivity contribution in [1.82, 2.24) is 20.0 Å². The SMILES string of the molecule is CC(C)(C)c1cc(NC(=O)NCCN2CCN(c3ccc(F)cc3)CC2)n(-c2ccc(C#N)cc2)n1. The number of nitriles is 1. The van der Waals surface area contributed by atoms with Gasteiger partial charge in [0.05, 0.1) is 23.0 Å². The number of hydrogen-bond donors (Lipinski definition) is 2. The van der Waals surface area contributed by atoms with Gasteiger partial charge in [0.1, 0.15) is 11.6 Å². The van der Waals surface area contributed by atoms with Gasteiger partial charge in [-0.25, -0.2) is 13.9 Å². The average molecular weight is 490 g/mol. The van der Waals surface area contributed by atoms with Crippen molar-refractivity contribution < 1.29 is 9.18 Å². The number of nitrogens with zero attached hydrogens (tertiary/aromatic N) is 5. The van der Waals surface area contributed by atoms with Gasteiger partial charge >= 0.3 is 6.03 Å². The molecule has 4 rings (SSSR count). The molecule has 8 nitrogen and oxygen atoms in total. The van der Waals surface area contributed by atoms with Crippen LogP contribution >= 0.6 is 0 Å². The molecule has 188 valence electrons. The Morgan fingerprint density at radius 1 is 1.03 bits per heavy atom. The summed E-state index contributed by atoms with van der Waals surface area (Å²) in [5, 5.41) is 19.7. The maximum absolute atomic E-state index is 13.2. The Morgan fingerprint density at radius 3 is 2.28 bits per heavy atom. The van der Waals surface area contributed by atoms with Crippen LogP contribution in [-0.2, 0) is 5.41 Å². The van der Waals surface area contributed by atoms with Crippen LogP contribution in [0.25, 0.3) is 5.69 Å². The van der Waals surface area contributed by atoms with Crippen LogP contribution < -0.4 is 15.5 Å². The summed E-state index contributed by atoms with van der Waals surface area (Å²) in [4.78, 5) is 17.2. The van der Waals surface area contributed by atoms with E-state index in [4.69, 9.17) is 10.4 Å². The summed E-state index contributed by atoms with van der Waals surface area (Å²) in [6.45, 7) is 10.9. The van der Waals surface area contributed by atoms with Gasteiger partial charge in [0.15, 0.2) is 0 Å². The number of halogens is 1. The number of benzene rings is 2. The highest BCUT2D eigenvalue weighted by molar-refractivity contribution is 5.88. The molecule has 1 fully saturated rings. The van der Waals surface area contributed by atoms with Gasteiger partial charge in [0.25, 0.3) is 0 Å². The molecular formula is C27H32FN7O. The number of urea groups is 1. The molecule has 0 saturated carbocycles. The van der Waals surface area contributed by atoms with Crippen LogP contribution in [0.4, 0.5) is 20.7 Å². The molecular weight excluding hydrogens is 457 g/mol. The van der Waals surface area contributed by atoms with E-state index in [1.165, 1.54) is 12.1 Å². The molecule has 0 aliphatic carbocycles. The number of aromatic nitrogens is 2. The van der Waals surface area contributed by atoms with Crippen molar-refractivity contribution in [3.05, 3.63) is 71.7 Å². The molecule has 2 N–H and O–H groups in total. The van der Waals surface area contributed by atoms with E-state index in [-0.39, 0.29) is 17.3 Å². The Kier molecular flexibility index (Phi) is 7.55. The summed E-state index contributed by atoms with van der Waals surface area (Å²) < 4.78 is 14.9. The molecule has 36 heavy (non-hydrogen) atoms. The molecule has 2 heterocycles. The van der Waals surface area contributed by atoms with Crippen LogP contribution in [-0.4, -0.2) is 60.0 Å². The van der Waals surface area contributed by atoms with Crippen LogP contribution in [0.1, 0.15) is 32.0 Å². The van der Waals surface area contributed by atoms with Crippen molar-refractivity contribution in [2.45, 2.75) is 26.2 Å². The van der Waals surface area contributed by atoms with Crippen LogP contribution in [0.15, 0.2) is 54.6 Å². The van der Waals surface area contributed by atoms with Gasteiger partial charge in [-0.2, -0.15) is 10.4 Å². The largest absolute Gasteiger partial charge is 0.369 e. The van der Waals surface area contributed by atoms with Crippen LogP contribution in [0.3, 0.4) is 0 Å². The fraction of sp³-hybridized carbons (Fsp3) is 0.370. The predicted octanol–water partition coefficient (Wildman–Crippen LogP) is 4.12. The minimum atomic E-state index is -0.296. The molecule has 0 bridgehead atoms. The second-order valence-corrected chi connectivity index (χ2v) is 9.92. The van der Waals surface area contributed by atoms with Crippen LogP contribution in [0, 0.1) is 17.1 Å². The number of carbonyl (C=O) groups excluding carboxylic acids is 1. The molecule has 0 spiro atoms. The van der Waals surface area contributed by atoms with E-state index in [0.717, 1.165) is 49.8 Å². The van der Waals surface area contributed by atoms with E-state index >= 15 is 0 Å². The lowest BCUT2D eigenvalue weighted by Gasteiger charge is -2.36. The molecule has 2 aromatic carbocycles. The third-order valence-corrected chi connectivity index (χ3v) is 6.24. The third kappa shape index (κ3) is 6.20. The molecule has 0 unspecified atom stereocenters. The number of carbonyl (C=O) groups is 1. The van der Waals surface area contributed by atoms with Crippen molar-refractivity contribution >= 4 is 17.5 Å². The number of nitrogens with one attached hydrogen (secondary N) is 2. The standard InChI is InChI=1S/C27H32FN7O/c1-27(2,3)24-18-25(35(32-24)23-8-4-20(19-29)5-9-23)31-26(36)30-12-13-33-14-16-34(17-15-33)22-10-6-21(28)7-11-22/h4-11,18H,12-17H2,1-3H3,(H2,30,31,36). The minimum Gasteiger partial charge on any atom is -0.369 e. The summed E-state index contributed by atoms with van der Waals surface area (Å²) in [7, 11) is 0. The lowest BCUT2D eigenvalue weighted by molar-refractivity contribution is 0.240. The minimum absolute atomic E-state index is 0.194. The maximum atomic E-state index is 13.2. The second kappa shape index (κ2) is 10.8. The van der Waals surface area contributed by atoms with Crippen molar-refractivity contribution in [3.8, 4) is 11.8 Å². The fourth-order valence-electron chi connectivity index (χ4n) is 4.08. The number of rotatable bonds is 6. The summed E-state index contributed by atoms with van der Waals surface area (Å²) in [6, 6.07) is 17.4. The molecule has 1 aliphatic rings. The molecule has 1 aliphatic heterocycles. The van der Waals surface area contributed by atoms with Gasteiger partial charge in [0.2, 0.25) is 0 Å². The van der Waals surface area contributed by atoms with Gasteiger partial charge in [0, 0.05) is 56.4 Å². The first-order valence-electron chi connectivity index (χ1n) is 12.1. The summed E-state index contributed by atoms with van der Waals surface area (Å²) in [5.74, 6) is 0.339. The monoisotopic (exact) mass is 489 g/mol. The Bertz CT molecular complexity index is 1210. The molecule has 2 amide bonds. The first-order valence-corrected chi connectivity index (χ1v) is 12.1. The Labute approximate surface area is 211 Å². The summed E-state index contributed by atoms with van der Waals surface area (Å²) in [6.07, 6.45) is 0. The second-order valence-electron chi connectivity index (χ2n) is 9.92. The van der Waals surface area contributed by atoms with Crippen LogP contribution in [0.5, 0.6) is 0 Å². The number of piperazine rings is 1. The summed E-state index contributed by atoms with van der Waals surface area (Å²) >= 11 is 0. The quantitative estimate of drug-likeness (QED) is 0.544. The third-order valence-electron chi connectivity index (χ3n) is 6.24. The molecule has 9 heteroatoms. The Balaban J connectivity index is 1.31. The van der Waals surface area contributed by atoms with Gasteiger partial charge in [-0.3, -0.25) is 10.2 Å². The van der Waals surface area contributed by atoms with Crippen molar-refractivity contribution in [1.29, 1.82) is 5.26 Å². The summed E-state index contributed by atoms with van der Waals surface area (Å²) in [5.41, 5.74) is 3.01. The van der Waals surface area contributed by atoms with E-state index in [1.54, 1.807) is 16.8 Å². The molecule has 0 atom stereocenters. The molecule has 0 radical (unpaired) electrons. The number of amides is 2. The van der Waals surface area contributed by atoms with E-state index in [9.17, 15) is 9.18 Å². The van der Waals surface area contributed by atoms with Crippen molar-refractivity contribution in [3.63, 3.8) is 0 Å². The van der Waals surface area contributed by atoms with Gasteiger partial charge in [-0.15, -0.1) is 0 Å². The zero-order chi connectivity index (χ0) is 25.7. The molecule has 3 aromatic rings. The van der Waals surface area contributed by atoms with Gasteiger partial charge in [-0.1, -0.05) is 20.8 Å². The van der Waals surface area contributed by atoms with Crippen molar-refractivity contribution in [2.75, 3.05) is 49.5 Å². The Hall–Kier alpha value is -3.90. The Morgan fingerprint density at radius 2 is 1.67 bits per heavy atom. The van der Waals surface area contributed by atoms with Crippen molar-refractivity contribution in [2.24, 2.45) is 0 Å². The average Bonchev–Trinajstić information content (AvgIpc) is 3.29. The van der Waals surface area contributed by atoms with Gasteiger partial charge < -0.3 is 10.2 Å². The van der Waals surface area contributed by atoms with Gasteiger partial charge in [-0.05, 0) is 48.5 Å². The fourth-order valence-corrected chi connectivity index (χ4v) is 4.08. The highest BCUT2D eigenvalue weighted by Crippen LogP contribution is 2.26. The highest BCUT2D eigenvalue weighted by atomic mass is 19.1. The molecule has 1 saturated heterocycles. The normalized spacial score (nSPS) is 14.4. The molecule has 1 aromatic heterocycles. The lowest BCUT2D eigenvalue weighted by Crippen LogP contribution is -2.48. The maximum Gasteiger partial charge on any atom is 0.320 e. The van der Waals surface area contributed by atoms with E-state index in [2.05, 4.69) is 47.3 Å². The van der Waals surface area contributed by atoms with E-state index in [0.29, 0.717) is 17.9 Å². The topological polar surface area (TPSA) is 89.2 Å². The number of anilines is 2. The van der Waals surface area contributed by atoms with E-state index < -0.39 is 0 Å². The number of hydrogen-bond acceptors (Lipinski definition) is 5. The zero-order valence-electron chi connectivity index (χ0n) is 21.0. The van der Waals surface area contributed by atoms with E-state index in [1.807, 2.05) is 30.3 Å². The zero-order valence-corrected chi connectivity index (χ0v) is 21.0. The smallest absolute Gasteiger partial charge is 0.320 e. The highest BCUT2D eigenvalue weighted by Gasteiger charge is 2.22. The lowest BCUT2D eigenvalue weighted by atomic mass is 9.92.